The van der Waals surface area contributed by atoms with Gasteiger partial charge >= 0.3 is 0 Å². The Kier molecular flexibility index (Phi) is 6.48. The number of piperazine rings is 1. The summed E-state index contributed by atoms with van der Waals surface area (Å²) >= 11 is 0. The Morgan fingerprint density at radius 1 is 1.04 bits per heavy atom. The first-order chi connectivity index (χ1) is 13.1. The van der Waals surface area contributed by atoms with Gasteiger partial charge in [-0.15, -0.1) is 0 Å². The van der Waals surface area contributed by atoms with Crippen LogP contribution >= 0.6 is 0 Å². The smallest absolute Gasteiger partial charge is 0.251 e. The van der Waals surface area contributed by atoms with Gasteiger partial charge in [0.05, 0.1) is 13.2 Å². The number of likely N-dealkylation sites (N-methyl/N-ethyl adjacent to an activating group) is 1. The van der Waals surface area contributed by atoms with Crippen LogP contribution in [0.1, 0.15) is 27.5 Å². The molecule has 1 saturated heterocycles. The van der Waals surface area contributed by atoms with Gasteiger partial charge in [-0.2, -0.15) is 0 Å². The highest BCUT2D eigenvalue weighted by atomic mass is 16.5. The summed E-state index contributed by atoms with van der Waals surface area (Å²) in [5.74, 6) is 0.821. The third-order valence-electron chi connectivity index (χ3n) is 5.25. The number of methoxy groups -OCH3 is 1. The van der Waals surface area contributed by atoms with E-state index < -0.39 is 0 Å². The normalized spacial score (nSPS) is 16.7. The Morgan fingerprint density at radius 3 is 2.26 bits per heavy atom. The van der Waals surface area contributed by atoms with E-state index in [1.54, 1.807) is 7.11 Å². The van der Waals surface area contributed by atoms with Crippen LogP contribution in [0, 0.1) is 6.92 Å². The molecular weight excluding hydrogens is 338 g/mol. The number of carbonyl (C=O) groups is 1. The maximum atomic E-state index is 12.6. The number of ether oxygens (including phenoxy) is 1. The summed E-state index contributed by atoms with van der Waals surface area (Å²) in [7, 11) is 3.83. The lowest BCUT2D eigenvalue weighted by Gasteiger charge is -2.38. The van der Waals surface area contributed by atoms with Crippen LogP contribution in [0.5, 0.6) is 5.75 Å². The molecule has 1 atom stereocenters. The lowest BCUT2D eigenvalue weighted by Crippen LogP contribution is -2.48. The van der Waals surface area contributed by atoms with E-state index in [4.69, 9.17) is 4.74 Å². The van der Waals surface area contributed by atoms with Crippen LogP contribution in [-0.2, 0) is 0 Å². The summed E-state index contributed by atoms with van der Waals surface area (Å²) in [6.45, 7) is 6.68. The second-order valence-electron chi connectivity index (χ2n) is 7.20. The van der Waals surface area contributed by atoms with Gasteiger partial charge < -0.3 is 15.0 Å². The average molecular weight is 367 g/mol. The topological polar surface area (TPSA) is 44.8 Å². The zero-order valence-corrected chi connectivity index (χ0v) is 16.4. The Morgan fingerprint density at radius 2 is 1.67 bits per heavy atom. The maximum Gasteiger partial charge on any atom is 0.251 e. The monoisotopic (exact) mass is 367 g/mol. The number of rotatable bonds is 6. The predicted molar refractivity (Wildman–Crippen MR) is 108 cm³/mol. The molecule has 2 aromatic carbocycles. The predicted octanol–water partition coefficient (Wildman–Crippen LogP) is 2.72. The number of nitrogens with one attached hydrogen (secondary N) is 1. The van der Waals surface area contributed by atoms with E-state index >= 15 is 0 Å². The highest BCUT2D eigenvalue weighted by Gasteiger charge is 2.24. The molecule has 0 aliphatic carbocycles. The van der Waals surface area contributed by atoms with E-state index in [1.165, 1.54) is 5.56 Å². The molecule has 144 valence electrons. The summed E-state index contributed by atoms with van der Waals surface area (Å²) in [5.41, 5.74) is 3.05. The Labute approximate surface area is 161 Å². The van der Waals surface area contributed by atoms with Crippen LogP contribution in [0.25, 0.3) is 0 Å². The quantitative estimate of drug-likeness (QED) is 0.853. The standard InChI is InChI=1S/C22H29N3O2/c1-17-4-6-19(7-5-17)22(26)23-16-21(25-14-12-24(2)13-15-25)18-8-10-20(27-3)11-9-18/h4-11,21H,12-16H2,1-3H3,(H,23,26)/t21-/m0/s1. The molecular formula is C22H29N3O2. The second kappa shape index (κ2) is 9.02. The zero-order valence-electron chi connectivity index (χ0n) is 16.4. The second-order valence-corrected chi connectivity index (χ2v) is 7.20. The highest BCUT2D eigenvalue weighted by molar-refractivity contribution is 5.94. The van der Waals surface area contributed by atoms with Crippen molar-refractivity contribution in [3.8, 4) is 5.75 Å². The van der Waals surface area contributed by atoms with Crippen molar-refractivity contribution in [3.05, 3.63) is 65.2 Å². The van der Waals surface area contributed by atoms with E-state index in [0.29, 0.717) is 12.1 Å². The average Bonchev–Trinajstić information content (AvgIpc) is 2.70. The molecule has 5 nitrogen and oxygen atoms in total. The van der Waals surface area contributed by atoms with Crippen LogP contribution in [0.2, 0.25) is 0 Å². The first-order valence-electron chi connectivity index (χ1n) is 9.48. The van der Waals surface area contributed by atoms with E-state index in [2.05, 4.69) is 34.3 Å². The van der Waals surface area contributed by atoms with E-state index in [0.717, 1.165) is 37.5 Å². The Balaban J connectivity index is 1.72. The number of aryl methyl sites for hydroxylation is 1. The molecule has 0 unspecified atom stereocenters. The van der Waals surface area contributed by atoms with Crippen LogP contribution in [0.15, 0.2) is 48.5 Å². The SMILES string of the molecule is COc1ccc([C@H](CNC(=O)c2ccc(C)cc2)N2CCN(C)CC2)cc1. The van der Waals surface area contributed by atoms with Gasteiger partial charge in [-0.1, -0.05) is 29.8 Å². The molecule has 0 aromatic heterocycles. The summed E-state index contributed by atoms with van der Waals surface area (Å²) in [5, 5.41) is 3.13. The minimum absolute atomic E-state index is 0.0253. The molecule has 3 rings (SSSR count). The number of benzene rings is 2. The highest BCUT2D eigenvalue weighted by Crippen LogP contribution is 2.24. The van der Waals surface area contributed by atoms with E-state index in [9.17, 15) is 4.79 Å². The van der Waals surface area contributed by atoms with Crippen molar-refractivity contribution in [1.82, 2.24) is 15.1 Å². The minimum atomic E-state index is -0.0253. The molecule has 0 saturated carbocycles. The third kappa shape index (κ3) is 5.08. The van der Waals surface area contributed by atoms with Gasteiger partial charge in [0, 0.05) is 38.3 Å². The fourth-order valence-electron chi connectivity index (χ4n) is 3.41. The lowest BCUT2D eigenvalue weighted by atomic mass is 10.0. The van der Waals surface area contributed by atoms with Gasteiger partial charge in [0.2, 0.25) is 0 Å². The van der Waals surface area contributed by atoms with Crippen molar-refractivity contribution in [2.75, 3.05) is 46.9 Å². The number of hydrogen-bond acceptors (Lipinski definition) is 4. The molecule has 1 heterocycles. The van der Waals surface area contributed by atoms with Crippen LogP contribution in [0.4, 0.5) is 0 Å². The van der Waals surface area contributed by atoms with Crippen molar-refractivity contribution < 1.29 is 9.53 Å². The summed E-state index contributed by atoms with van der Waals surface area (Å²) < 4.78 is 5.28. The van der Waals surface area contributed by atoms with Gasteiger partial charge in [-0.25, -0.2) is 0 Å². The number of hydrogen-bond donors (Lipinski definition) is 1. The molecule has 1 amide bonds. The molecule has 1 aliphatic heterocycles. The summed E-state index contributed by atoms with van der Waals surface area (Å²) in [6, 6.07) is 16.0. The molecule has 27 heavy (non-hydrogen) atoms. The largest absolute Gasteiger partial charge is 0.497 e. The number of carbonyl (C=O) groups excluding carboxylic acids is 1. The number of nitrogens with zero attached hydrogens (tertiary/aromatic N) is 2. The fourth-order valence-corrected chi connectivity index (χ4v) is 3.41. The molecule has 1 aliphatic rings. The van der Waals surface area contributed by atoms with E-state index in [-0.39, 0.29) is 11.9 Å². The maximum absolute atomic E-state index is 12.6. The molecule has 0 spiro atoms. The molecule has 2 aromatic rings. The first kappa shape index (κ1) is 19.4. The Bertz CT molecular complexity index is 735. The minimum Gasteiger partial charge on any atom is -0.497 e. The van der Waals surface area contributed by atoms with Crippen LogP contribution < -0.4 is 10.1 Å². The van der Waals surface area contributed by atoms with Gasteiger partial charge in [-0.3, -0.25) is 9.69 Å². The van der Waals surface area contributed by atoms with Crippen molar-refractivity contribution in [2.24, 2.45) is 0 Å². The van der Waals surface area contributed by atoms with Crippen molar-refractivity contribution in [1.29, 1.82) is 0 Å². The van der Waals surface area contributed by atoms with Crippen molar-refractivity contribution >= 4 is 5.91 Å². The fraction of sp³-hybridized carbons (Fsp3) is 0.409. The summed E-state index contributed by atoms with van der Waals surface area (Å²) in [6.07, 6.45) is 0. The van der Waals surface area contributed by atoms with Crippen molar-refractivity contribution in [3.63, 3.8) is 0 Å². The first-order valence-corrected chi connectivity index (χ1v) is 9.48. The van der Waals surface area contributed by atoms with Crippen LogP contribution in [-0.4, -0.2) is 62.6 Å². The summed E-state index contributed by atoms with van der Waals surface area (Å²) in [4.78, 5) is 17.4. The Hall–Kier alpha value is -2.37. The van der Waals surface area contributed by atoms with Gasteiger partial charge in [0.15, 0.2) is 0 Å². The molecule has 0 radical (unpaired) electrons. The van der Waals surface area contributed by atoms with Crippen LogP contribution in [0.3, 0.4) is 0 Å². The van der Waals surface area contributed by atoms with E-state index in [1.807, 2.05) is 43.3 Å². The molecule has 1 fully saturated rings. The molecule has 1 N–H and O–H groups in total. The zero-order chi connectivity index (χ0) is 19.2. The lowest BCUT2D eigenvalue weighted by molar-refractivity contribution is 0.0886. The van der Waals surface area contributed by atoms with Gasteiger partial charge in [0.1, 0.15) is 5.75 Å². The van der Waals surface area contributed by atoms with Crippen molar-refractivity contribution in [2.45, 2.75) is 13.0 Å². The molecule has 0 bridgehead atoms. The molecule has 5 heteroatoms. The number of amides is 1. The third-order valence-corrected chi connectivity index (χ3v) is 5.25. The van der Waals surface area contributed by atoms with Gasteiger partial charge in [0.25, 0.3) is 5.91 Å². The van der Waals surface area contributed by atoms with Gasteiger partial charge in [-0.05, 0) is 43.8 Å².